The highest BCUT2D eigenvalue weighted by atomic mass is 32.2. The van der Waals surface area contributed by atoms with Crippen molar-refractivity contribution < 1.29 is 17.6 Å². The largest absolute Gasteiger partial charge is 0.290 e. The van der Waals surface area contributed by atoms with Crippen molar-refractivity contribution in [3.63, 3.8) is 0 Å². The molecule has 0 bridgehead atoms. The minimum absolute atomic E-state index is 0.117. The van der Waals surface area contributed by atoms with E-state index in [2.05, 4.69) is 4.40 Å². The van der Waals surface area contributed by atoms with Crippen LogP contribution in [0.2, 0.25) is 0 Å². The van der Waals surface area contributed by atoms with Gasteiger partial charge in [0.15, 0.2) is 5.17 Å². The first-order chi connectivity index (χ1) is 11.9. The summed E-state index contributed by atoms with van der Waals surface area (Å²) in [7, 11) is -4.03. The zero-order chi connectivity index (χ0) is 18.0. The zero-order valence-electron chi connectivity index (χ0n) is 13.3. The van der Waals surface area contributed by atoms with Crippen LogP contribution >= 0.6 is 11.8 Å². The number of rotatable bonds is 4. The van der Waals surface area contributed by atoms with Crippen molar-refractivity contribution in [1.82, 2.24) is 4.90 Å². The van der Waals surface area contributed by atoms with Gasteiger partial charge in [-0.3, -0.25) is 9.69 Å². The quantitative estimate of drug-likeness (QED) is 0.819. The summed E-state index contributed by atoms with van der Waals surface area (Å²) < 4.78 is 41.7. The number of halogens is 1. The number of likely N-dealkylation sites (N-methyl/N-ethyl adjacent to an activating group) is 1. The van der Waals surface area contributed by atoms with Crippen LogP contribution in [0.4, 0.5) is 4.39 Å². The van der Waals surface area contributed by atoms with Crippen LogP contribution in [0.25, 0.3) is 0 Å². The minimum atomic E-state index is -4.03. The highest BCUT2D eigenvalue weighted by molar-refractivity contribution is 8.15. The summed E-state index contributed by atoms with van der Waals surface area (Å²) in [5, 5.41) is -0.394. The van der Waals surface area contributed by atoms with Gasteiger partial charge in [0.1, 0.15) is 11.1 Å². The van der Waals surface area contributed by atoms with Crippen LogP contribution in [0, 0.1) is 5.82 Å². The fraction of sp³-hybridized carbons (Fsp3) is 0.176. The Labute approximate surface area is 149 Å². The summed E-state index contributed by atoms with van der Waals surface area (Å²) in [5.41, 5.74) is 0.792. The second-order valence-corrected chi connectivity index (χ2v) is 7.97. The standard InChI is InChI=1S/C17H15FN2O3S2/c1-2-20-16(21)15(12-6-4-3-5-7-12)24-17(20)19-25(22,23)14-10-8-13(18)9-11-14/h3-11,15H,2H2,1H3/t15-/m1/s1. The predicted octanol–water partition coefficient (Wildman–Crippen LogP) is 3.21. The molecule has 0 radical (unpaired) electrons. The van der Waals surface area contributed by atoms with Gasteiger partial charge in [0.05, 0.1) is 4.90 Å². The molecule has 3 rings (SSSR count). The molecule has 0 N–H and O–H groups in total. The van der Waals surface area contributed by atoms with Gasteiger partial charge in [-0.1, -0.05) is 42.1 Å². The predicted molar refractivity (Wildman–Crippen MR) is 95.2 cm³/mol. The molecule has 1 fully saturated rings. The molecule has 1 aliphatic heterocycles. The number of carbonyl (C=O) groups is 1. The molecule has 1 atom stereocenters. The van der Waals surface area contributed by atoms with Gasteiger partial charge in [-0.25, -0.2) is 4.39 Å². The Kier molecular flexibility index (Phi) is 4.91. The van der Waals surface area contributed by atoms with E-state index < -0.39 is 21.1 Å². The van der Waals surface area contributed by atoms with E-state index in [1.165, 1.54) is 4.90 Å². The van der Waals surface area contributed by atoms with E-state index >= 15 is 0 Å². The number of sulfonamides is 1. The van der Waals surface area contributed by atoms with Gasteiger partial charge in [0, 0.05) is 6.54 Å². The molecule has 8 heteroatoms. The first-order valence-electron chi connectivity index (χ1n) is 7.56. The van der Waals surface area contributed by atoms with Crippen LogP contribution in [0.3, 0.4) is 0 Å². The molecule has 130 valence electrons. The molecule has 1 saturated heterocycles. The Morgan fingerprint density at radius 2 is 1.76 bits per heavy atom. The Balaban J connectivity index is 1.96. The van der Waals surface area contributed by atoms with E-state index in [1.807, 2.05) is 30.3 Å². The molecule has 0 aliphatic carbocycles. The first-order valence-corrected chi connectivity index (χ1v) is 9.88. The summed E-state index contributed by atoms with van der Waals surface area (Å²) in [5.74, 6) is -0.733. The van der Waals surface area contributed by atoms with Gasteiger partial charge in [-0.05, 0) is 36.8 Å². The van der Waals surface area contributed by atoms with Crippen LogP contribution in [-0.4, -0.2) is 30.9 Å². The Morgan fingerprint density at radius 3 is 2.36 bits per heavy atom. The summed E-state index contributed by atoms with van der Waals surface area (Å²) in [6, 6.07) is 13.6. The molecule has 1 aliphatic rings. The van der Waals surface area contributed by atoms with Crippen LogP contribution in [-0.2, 0) is 14.8 Å². The van der Waals surface area contributed by atoms with Gasteiger partial charge in [0.25, 0.3) is 10.0 Å². The number of hydrogen-bond donors (Lipinski definition) is 0. The van der Waals surface area contributed by atoms with Crippen molar-refractivity contribution in [2.45, 2.75) is 17.1 Å². The topological polar surface area (TPSA) is 66.8 Å². The van der Waals surface area contributed by atoms with Crippen LogP contribution in [0.5, 0.6) is 0 Å². The third-order valence-corrected chi connectivity index (χ3v) is 6.30. The summed E-state index contributed by atoms with van der Waals surface area (Å²) in [4.78, 5) is 13.8. The number of amidine groups is 1. The SMILES string of the molecule is CCN1C(=O)[C@@H](c2ccccc2)SC1=NS(=O)(=O)c1ccc(F)cc1. The normalized spacial score (nSPS) is 19.6. The van der Waals surface area contributed by atoms with Gasteiger partial charge in [-0.2, -0.15) is 8.42 Å². The lowest BCUT2D eigenvalue weighted by Gasteiger charge is -2.13. The monoisotopic (exact) mass is 378 g/mol. The molecule has 0 saturated carbocycles. The highest BCUT2D eigenvalue weighted by Gasteiger charge is 2.39. The molecule has 0 unspecified atom stereocenters. The van der Waals surface area contributed by atoms with Gasteiger partial charge in [0.2, 0.25) is 5.91 Å². The molecule has 0 aromatic heterocycles. The van der Waals surface area contributed by atoms with E-state index in [-0.39, 0.29) is 16.0 Å². The molecule has 0 spiro atoms. The molecular formula is C17H15FN2O3S2. The second-order valence-electron chi connectivity index (χ2n) is 5.29. The Morgan fingerprint density at radius 1 is 1.12 bits per heavy atom. The van der Waals surface area contributed by atoms with Crippen molar-refractivity contribution >= 4 is 32.9 Å². The average Bonchev–Trinajstić information content (AvgIpc) is 2.91. The van der Waals surface area contributed by atoms with Crippen LogP contribution < -0.4 is 0 Å². The van der Waals surface area contributed by atoms with Crippen molar-refractivity contribution in [2.75, 3.05) is 6.54 Å². The number of amides is 1. The van der Waals surface area contributed by atoms with E-state index in [4.69, 9.17) is 0 Å². The first kappa shape index (κ1) is 17.6. The Hall–Kier alpha value is -2.19. The second kappa shape index (κ2) is 6.97. The smallest absolute Gasteiger partial charge is 0.284 e. The molecule has 1 heterocycles. The number of hydrogen-bond acceptors (Lipinski definition) is 4. The lowest BCUT2D eigenvalue weighted by atomic mass is 10.1. The Bertz CT molecular complexity index is 913. The van der Waals surface area contributed by atoms with Crippen LogP contribution in [0.15, 0.2) is 63.9 Å². The van der Waals surface area contributed by atoms with E-state index in [0.717, 1.165) is 41.6 Å². The zero-order valence-corrected chi connectivity index (χ0v) is 14.9. The summed E-state index contributed by atoms with van der Waals surface area (Å²) >= 11 is 1.10. The highest BCUT2D eigenvalue weighted by Crippen LogP contribution is 2.39. The number of carbonyl (C=O) groups excluding carboxylic acids is 1. The van der Waals surface area contributed by atoms with Crippen LogP contribution in [0.1, 0.15) is 17.7 Å². The van der Waals surface area contributed by atoms with Gasteiger partial charge in [-0.15, -0.1) is 4.40 Å². The summed E-state index contributed by atoms with van der Waals surface area (Å²) in [6.45, 7) is 2.07. The molecular weight excluding hydrogens is 363 g/mol. The van der Waals surface area contributed by atoms with E-state index in [9.17, 15) is 17.6 Å². The molecule has 2 aromatic carbocycles. The number of thioether (sulfide) groups is 1. The van der Waals surface area contributed by atoms with E-state index in [0.29, 0.717) is 6.54 Å². The third kappa shape index (κ3) is 3.59. The minimum Gasteiger partial charge on any atom is -0.290 e. The molecule has 1 amide bonds. The van der Waals surface area contributed by atoms with Gasteiger partial charge >= 0.3 is 0 Å². The number of benzene rings is 2. The average molecular weight is 378 g/mol. The fourth-order valence-electron chi connectivity index (χ4n) is 2.42. The third-order valence-electron chi connectivity index (χ3n) is 3.67. The van der Waals surface area contributed by atoms with Crippen molar-refractivity contribution in [3.8, 4) is 0 Å². The van der Waals surface area contributed by atoms with Crippen molar-refractivity contribution in [3.05, 3.63) is 66.0 Å². The van der Waals surface area contributed by atoms with Crippen molar-refractivity contribution in [2.24, 2.45) is 4.40 Å². The maximum atomic E-state index is 13.0. The maximum Gasteiger partial charge on any atom is 0.284 e. The molecule has 25 heavy (non-hydrogen) atoms. The lowest BCUT2D eigenvalue weighted by Crippen LogP contribution is -2.30. The maximum absolute atomic E-state index is 13.0. The number of nitrogens with zero attached hydrogens (tertiary/aromatic N) is 2. The molecule has 2 aromatic rings. The van der Waals surface area contributed by atoms with Gasteiger partial charge < -0.3 is 0 Å². The lowest BCUT2D eigenvalue weighted by molar-refractivity contribution is -0.126. The van der Waals surface area contributed by atoms with Crippen molar-refractivity contribution in [1.29, 1.82) is 0 Å². The fourth-order valence-corrected chi connectivity index (χ4v) is 4.85. The van der Waals surface area contributed by atoms with E-state index in [1.54, 1.807) is 6.92 Å². The summed E-state index contributed by atoms with van der Waals surface area (Å²) in [6.07, 6.45) is 0. The molecule has 5 nitrogen and oxygen atoms in total.